The molecule has 1 aliphatic rings. The van der Waals surface area contributed by atoms with Crippen molar-refractivity contribution in [2.24, 2.45) is 5.10 Å². The number of benzene rings is 1. The lowest BCUT2D eigenvalue weighted by Crippen LogP contribution is -2.15. The van der Waals surface area contributed by atoms with Gasteiger partial charge in [0.2, 0.25) is 5.16 Å². The number of rotatable bonds is 4. The molecule has 0 atom stereocenters. The normalized spacial score (nSPS) is 14.0. The molecule has 0 fully saturated rings. The number of fused-ring (bicyclic) bond motifs is 1. The molecule has 0 saturated heterocycles. The van der Waals surface area contributed by atoms with Crippen LogP contribution in [0.2, 0.25) is 10.0 Å². The summed E-state index contributed by atoms with van der Waals surface area (Å²) >= 11 is 13.7. The first-order valence-electron chi connectivity index (χ1n) is 6.40. The highest BCUT2D eigenvalue weighted by Crippen LogP contribution is 2.28. The van der Waals surface area contributed by atoms with Gasteiger partial charge in [-0.1, -0.05) is 41.0 Å². The fraction of sp³-hybridized carbons (Fsp3) is 0.308. The van der Waals surface area contributed by atoms with Crippen molar-refractivity contribution in [2.45, 2.75) is 18.0 Å². The van der Waals surface area contributed by atoms with Crippen LogP contribution in [-0.4, -0.2) is 38.1 Å². The van der Waals surface area contributed by atoms with E-state index in [4.69, 9.17) is 28.3 Å². The molecule has 8 heteroatoms. The van der Waals surface area contributed by atoms with E-state index in [2.05, 4.69) is 15.3 Å². The van der Waals surface area contributed by atoms with Crippen LogP contribution in [0.1, 0.15) is 17.8 Å². The van der Waals surface area contributed by atoms with E-state index in [0.29, 0.717) is 28.6 Å². The zero-order valence-corrected chi connectivity index (χ0v) is 13.3. The molecule has 0 amide bonds. The first kappa shape index (κ1) is 14.8. The molecule has 0 aliphatic carbocycles. The molecule has 1 aromatic carbocycles. The molecule has 1 N–H and O–H groups in total. The molecule has 110 valence electrons. The van der Waals surface area contributed by atoms with Gasteiger partial charge in [-0.15, -0.1) is 10.2 Å². The van der Waals surface area contributed by atoms with Crippen LogP contribution in [-0.2, 0) is 6.42 Å². The summed E-state index contributed by atoms with van der Waals surface area (Å²) in [5, 5.41) is 23.7. The second-order valence-corrected chi connectivity index (χ2v) is 6.28. The second kappa shape index (κ2) is 6.36. The van der Waals surface area contributed by atoms with Crippen molar-refractivity contribution in [3.8, 4) is 0 Å². The van der Waals surface area contributed by atoms with Gasteiger partial charge < -0.3 is 5.11 Å². The van der Waals surface area contributed by atoms with Gasteiger partial charge in [-0.3, -0.25) is 0 Å². The van der Waals surface area contributed by atoms with E-state index in [1.54, 1.807) is 28.6 Å². The van der Waals surface area contributed by atoms with Crippen LogP contribution in [0.3, 0.4) is 0 Å². The molecule has 1 aliphatic heterocycles. The zero-order chi connectivity index (χ0) is 14.8. The van der Waals surface area contributed by atoms with E-state index in [1.165, 1.54) is 0 Å². The van der Waals surface area contributed by atoms with E-state index >= 15 is 0 Å². The summed E-state index contributed by atoms with van der Waals surface area (Å²) in [6.45, 7) is 0.120. The minimum Gasteiger partial charge on any atom is -0.396 e. The fourth-order valence-electron chi connectivity index (χ4n) is 2.02. The number of thioether (sulfide) groups is 1. The Bertz CT molecular complexity index is 701. The van der Waals surface area contributed by atoms with Gasteiger partial charge in [0.1, 0.15) is 0 Å². The summed E-state index contributed by atoms with van der Waals surface area (Å²) in [6, 6.07) is 5.37. The van der Waals surface area contributed by atoms with Crippen molar-refractivity contribution in [1.29, 1.82) is 0 Å². The molecular weight excluding hydrogens is 331 g/mol. The Balaban J connectivity index is 1.97. The van der Waals surface area contributed by atoms with Crippen LogP contribution >= 0.6 is 35.0 Å². The van der Waals surface area contributed by atoms with Crippen LogP contribution < -0.4 is 0 Å². The number of nitrogens with zero attached hydrogens (tertiary/aromatic N) is 4. The summed E-state index contributed by atoms with van der Waals surface area (Å²) in [7, 11) is 0. The van der Waals surface area contributed by atoms with Gasteiger partial charge in [-0.25, -0.2) is 0 Å². The van der Waals surface area contributed by atoms with Crippen LogP contribution in [0.5, 0.6) is 0 Å². The second-order valence-electron chi connectivity index (χ2n) is 4.50. The monoisotopic (exact) mass is 342 g/mol. The predicted molar refractivity (Wildman–Crippen MR) is 84.5 cm³/mol. The maximum Gasteiger partial charge on any atom is 0.212 e. The molecule has 2 heterocycles. The third kappa shape index (κ3) is 3.08. The first-order valence-corrected chi connectivity index (χ1v) is 8.14. The average Bonchev–Trinajstić information content (AvgIpc) is 2.87. The fourth-order valence-corrected chi connectivity index (χ4v) is 3.38. The third-order valence-electron chi connectivity index (χ3n) is 3.04. The molecule has 2 aromatic rings. The van der Waals surface area contributed by atoms with E-state index in [9.17, 15) is 0 Å². The summed E-state index contributed by atoms with van der Waals surface area (Å²) < 4.78 is 1.73. The summed E-state index contributed by atoms with van der Waals surface area (Å²) in [5.74, 6) is 1.42. The topological polar surface area (TPSA) is 63.3 Å². The molecule has 0 saturated carbocycles. The largest absolute Gasteiger partial charge is 0.396 e. The quantitative estimate of drug-likeness (QED) is 0.927. The molecular formula is C13H12Cl2N4OS. The highest BCUT2D eigenvalue weighted by molar-refractivity contribution is 7.99. The number of aliphatic hydroxyl groups is 1. The van der Waals surface area contributed by atoms with Gasteiger partial charge in [0.05, 0.1) is 10.7 Å². The van der Waals surface area contributed by atoms with Crippen molar-refractivity contribution < 1.29 is 5.11 Å². The van der Waals surface area contributed by atoms with Crippen molar-refractivity contribution in [2.75, 3.05) is 12.4 Å². The average molecular weight is 343 g/mol. The van der Waals surface area contributed by atoms with Crippen molar-refractivity contribution in [1.82, 2.24) is 14.9 Å². The van der Waals surface area contributed by atoms with Gasteiger partial charge in [-0.05, 0) is 18.6 Å². The Morgan fingerprint density at radius 2 is 2.14 bits per heavy atom. The third-order valence-corrected chi connectivity index (χ3v) is 4.51. The Morgan fingerprint density at radius 3 is 2.90 bits per heavy atom. The summed E-state index contributed by atoms with van der Waals surface area (Å²) in [5.41, 5.74) is 1.72. The van der Waals surface area contributed by atoms with Gasteiger partial charge in [0.25, 0.3) is 0 Å². The maximum absolute atomic E-state index is 8.93. The standard InChI is InChI=1S/C13H12Cl2N4OS/c14-8-3-4-9(10(15)6-8)11-7-21-13-17-16-12(2-1-5-20)19(13)18-11/h3-4,6,20H,1-2,5,7H2. The summed E-state index contributed by atoms with van der Waals surface area (Å²) in [4.78, 5) is 0. The van der Waals surface area contributed by atoms with Crippen molar-refractivity contribution in [3.05, 3.63) is 39.6 Å². The van der Waals surface area contributed by atoms with Gasteiger partial charge in [-0.2, -0.15) is 9.78 Å². The van der Waals surface area contributed by atoms with Gasteiger partial charge in [0.15, 0.2) is 5.82 Å². The Kier molecular flexibility index (Phi) is 4.49. The predicted octanol–water partition coefficient (Wildman–Crippen LogP) is 2.87. The Hall–Kier alpha value is -1.08. The molecule has 0 spiro atoms. The van der Waals surface area contributed by atoms with E-state index in [-0.39, 0.29) is 6.61 Å². The minimum atomic E-state index is 0.120. The molecule has 21 heavy (non-hydrogen) atoms. The molecule has 5 nitrogen and oxygen atoms in total. The number of hydrogen-bond donors (Lipinski definition) is 1. The summed E-state index contributed by atoms with van der Waals surface area (Å²) in [6.07, 6.45) is 1.27. The van der Waals surface area contributed by atoms with Crippen LogP contribution in [0.4, 0.5) is 0 Å². The molecule has 1 aromatic heterocycles. The molecule has 0 radical (unpaired) electrons. The van der Waals surface area contributed by atoms with E-state index in [0.717, 1.165) is 22.3 Å². The van der Waals surface area contributed by atoms with Crippen LogP contribution in [0, 0.1) is 0 Å². The lowest BCUT2D eigenvalue weighted by molar-refractivity contribution is 0.287. The minimum absolute atomic E-state index is 0.120. The molecule has 0 unspecified atom stereocenters. The number of aromatic nitrogens is 3. The Labute approximate surface area is 136 Å². The SMILES string of the molecule is OCCCc1nnc2n1N=C(c1ccc(Cl)cc1Cl)CS2. The number of aliphatic hydroxyl groups excluding tert-OH is 1. The van der Waals surface area contributed by atoms with E-state index in [1.807, 2.05) is 6.07 Å². The van der Waals surface area contributed by atoms with Crippen molar-refractivity contribution in [3.63, 3.8) is 0 Å². The number of hydrogen-bond acceptors (Lipinski definition) is 5. The Morgan fingerprint density at radius 1 is 1.29 bits per heavy atom. The maximum atomic E-state index is 8.93. The van der Waals surface area contributed by atoms with Crippen LogP contribution in [0.15, 0.2) is 28.5 Å². The number of halogens is 2. The van der Waals surface area contributed by atoms with Gasteiger partial charge >= 0.3 is 0 Å². The zero-order valence-electron chi connectivity index (χ0n) is 11.0. The highest BCUT2D eigenvalue weighted by atomic mass is 35.5. The first-order chi connectivity index (χ1) is 10.2. The lowest BCUT2D eigenvalue weighted by atomic mass is 10.1. The lowest BCUT2D eigenvalue weighted by Gasteiger charge is -2.14. The van der Waals surface area contributed by atoms with Gasteiger partial charge in [0, 0.05) is 29.4 Å². The smallest absolute Gasteiger partial charge is 0.212 e. The molecule has 0 bridgehead atoms. The van der Waals surface area contributed by atoms with Crippen molar-refractivity contribution >= 4 is 40.7 Å². The highest BCUT2D eigenvalue weighted by Gasteiger charge is 2.20. The van der Waals surface area contributed by atoms with E-state index < -0.39 is 0 Å². The molecule has 3 rings (SSSR count). The van der Waals surface area contributed by atoms with Crippen LogP contribution in [0.25, 0.3) is 0 Å². The number of aryl methyl sites for hydroxylation is 1.